The second kappa shape index (κ2) is 6.48. The van der Waals surface area contributed by atoms with Crippen LogP contribution in [0.15, 0.2) is 0 Å². The van der Waals surface area contributed by atoms with Gasteiger partial charge in [0, 0.05) is 39.3 Å². The summed E-state index contributed by atoms with van der Waals surface area (Å²) in [5.41, 5.74) is 0. The second-order valence-corrected chi connectivity index (χ2v) is 6.26. The molecule has 0 aromatic rings. The van der Waals surface area contributed by atoms with Gasteiger partial charge in [-0.3, -0.25) is 4.90 Å². The van der Waals surface area contributed by atoms with Crippen LogP contribution >= 0.6 is 0 Å². The number of hydrogen-bond acceptors (Lipinski definition) is 4. The lowest BCUT2D eigenvalue weighted by Gasteiger charge is -2.37. The molecule has 0 aliphatic carbocycles. The van der Waals surface area contributed by atoms with Crippen molar-refractivity contribution < 1.29 is 8.42 Å². The maximum atomic E-state index is 12.3. The lowest BCUT2D eigenvalue weighted by atomic mass is 10.2. The molecule has 0 radical (unpaired) electrons. The standard InChI is InChI=1S/C11H22N4O2S/c1-4-14(5-2)18(16,17)15-8-6-13(7-9-15)11(3)10-12/h11H,4-9H2,1-3H3/t11-/m0/s1. The van der Waals surface area contributed by atoms with Gasteiger partial charge < -0.3 is 0 Å². The fraction of sp³-hybridized carbons (Fsp3) is 0.909. The zero-order valence-corrected chi connectivity index (χ0v) is 12.2. The minimum absolute atomic E-state index is 0.150. The quantitative estimate of drug-likeness (QED) is 0.713. The minimum Gasteiger partial charge on any atom is -0.286 e. The summed E-state index contributed by atoms with van der Waals surface area (Å²) in [6.45, 7) is 8.68. The Kier molecular flexibility index (Phi) is 5.53. The monoisotopic (exact) mass is 274 g/mol. The van der Waals surface area contributed by atoms with Crippen molar-refractivity contribution >= 4 is 10.2 Å². The van der Waals surface area contributed by atoms with Crippen molar-refractivity contribution in [2.24, 2.45) is 0 Å². The Hall–Kier alpha value is -0.680. The van der Waals surface area contributed by atoms with Crippen molar-refractivity contribution in [3.63, 3.8) is 0 Å². The first-order valence-corrected chi connectivity index (χ1v) is 7.75. The third kappa shape index (κ3) is 3.20. The minimum atomic E-state index is -3.32. The van der Waals surface area contributed by atoms with Crippen LogP contribution in [0, 0.1) is 11.3 Å². The average Bonchev–Trinajstić information content (AvgIpc) is 2.39. The SMILES string of the molecule is CCN(CC)S(=O)(=O)N1CCN([C@@H](C)C#N)CC1. The van der Waals surface area contributed by atoms with E-state index in [0.717, 1.165) is 0 Å². The fourth-order valence-electron chi connectivity index (χ4n) is 2.12. The molecule has 18 heavy (non-hydrogen) atoms. The summed E-state index contributed by atoms with van der Waals surface area (Å²) in [6.07, 6.45) is 0. The van der Waals surface area contributed by atoms with Gasteiger partial charge in [0.1, 0.15) is 0 Å². The van der Waals surface area contributed by atoms with Crippen LogP contribution in [-0.2, 0) is 10.2 Å². The molecule has 1 fully saturated rings. The molecule has 1 rings (SSSR count). The third-order valence-electron chi connectivity index (χ3n) is 3.37. The summed E-state index contributed by atoms with van der Waals surface area (Å²) in [4.78, 5) is 2.01. The molecule has 0 amide bonds. The van der Waals surface area contributed by atoms with Crippen molar-refractivity contribution in [2.45, 2.75) is 26.8 Å². The summed E-state index contributed by atoms with van der Waals surface area (Å²) < 4.78 is 27.5. The molecule has 1 aliphatic rings. The molecule has 1 saturated heterocycles. The molecule has 0 unspecified atom stereocenters. The highest BCUT2D eigenvalue weighted by Crippen LogP contribution is 2.13. The highest BCUT2D eigenvalue weighted by molar-refractivity contribution is 7.86. The lowest BCUT2D eigenvalue weighted by Crippen LogP contribution is -2.54. The van der Waals surface area contributed by atoms with E-state index in [-0.39, 0.29) is 6.04 Å². The van der Waals surface area contributed by atoms with Crippen molar-refractivity contribution in [1.29, 1.82) is 5.26 Å². The fourth-order valence-corrected chi connectivity index (χ4v) is 3.72. The Balaban J connectivity index is 2.66. The molecule has 0 spiro atoms. The van der Waals surface area contributed by atoms with Gasteiger partial charge in [-0.1, -0.05) is 13.8 Å². The Morgan fingerprint density at radius 2 is 1.72 bits per heavy atom. The van der Waals surface area contributed by atoms with Gasteiger partial charge in [-0.15, -0.1) is 0 Å². The van der Waals surface area contributed by atoms with Gasteiger partial charge in [0.15, 0.2) is 0 Å². The Morgan fingerprint density at radius 3 is 2.11 bits per heavy atom. The second-order valence-electron chi connectivity index (χ2n) is 4.33. The molecule has 1 aliphatic heterocycles. The molecule has 0 bridgehead atoms. The van der Waals surface area contributed by atoms with E-state index in [1.54, 1.807) is 0 Å². The summed E-state index contributed by atoms with van der Waals surface area (Å²) in [7, 11) is -3.32. The predicted octanol–water partition coefficient (Wildman–Crippen LogP) is 0.103. The van der Waals surface area contributed by atoms with E-state index < -0.39 is 10.2 Å². The van der Waals surface area contributed by atoms with Gasteiger partial charge in [-0.25, -0.2) is 0 Å². The molecule has 104 valence electrons. The van der Waals surface area contributed by atoms with Crippen LogP contribution in [0.4, 0.5) is 0 Å². The van der Waals surface area contributed by atoms with Crippen molar-refractivity contribution in [3.05, 3.63) is 0 Å². The third-order valence-corrected chi connectivity index (χ3v) is 5.55. The van der Waals surface area contributed by atoms with Crippen LogP contribution in [0.1, 0.15) is 20.8 Å². The molecule has 0 aromatic carbocycles. The van der Waals surface area contributed by atoms with Crippen molar-refractivity contribution in [1.82, 2.24) is 13.5 Å². The van der Waals surface area contributed by atoms with Crippen LogP contribution in [-0.4, -0.2) is 67.2 Å². The first-order valence-electron chi connectivity index (χ1n) is 6.36. The average molecular weight is 274 g/mol. The molecular formula is C11H22N4O2S. The van der Waals surface area contributed by atoms with Crippen LogP contribution in [0.2, 0.25) is 0 Å². The zero-order chi connectivity index (χ0) is 13.8. The highest BCUT2D eigenvalue weighted by Gasteiger charge is 2.31. The summed E-state index contributed by atoms with van der Waals surface area (Å²) in [6, 6.07) is 2.03. The molecular weight excluding hydrogens is 252 g/mol. The summed E-state index contributed by atoms with van der Waals surface area (Å²) >= 11 is 0. The lowest BCUT2D eigenvalue weighted by molar-refractivity contribution is 0.164. The largest absolute Gasteiger partial charge is 0.286 e. The van der Waals surface area contributed by atoms with E-state index in [4.69, 9.17) is 5.26 Å². The van der Waals surface area contributed by atoms with Crippen molar-refractivity contribution in [3.8, 4) is 6.07 Å². The summed E-state index contributed by atoms with van der Waals surface area (Å²) in [5, 5.41) is 8.85. The smallest absolute Gasteiger partial charge is 0.282 e. The Morgan fingerprint density at radius 1 is 1.22 bits per heavy atom. The maximum Gasteiger partial charge on any atom is 0.282 e. The molecule has 0 saturated carbocycles. The number of hydrogen-bond donors (Lipinski definition) is 0. The van der Waals surface area contributed by atoms with Gasteiger partial charge in [0.05, 0.1) is 12.1 Å². The molecule has 1 atom stereocenters. The van der Waals surface area contributed by atoms with Gasteiger partial charge >= 0.3 is 0 Å². The van der Waals surface area contributed by atoms with Crippen molar-refractivity contribution in [2.75, 3.05) is 39.3 Å². The van der Waals surface area contributed by atoms with E-state index in [1.807, 2.05) is 25.7 Å². The molecule has 7 heteroatoms. The number of piperazine rings is 1. The van der Waals surface area contributed by atoms with E-state index in [2.05, 4.69) is 6.07 Å². The first kappa shape index (κ1) is 15.4. The first-order chi connectivity index (χ1) is 8.47. The molecule has 1 heterocycles. The molecule has 0 aromatic heterocycles. The summed E-state index contributed by atoms with van der Waals surface area (Å²) in [5.74, 6) is 0. The van der Waals surface area contributed by atoms with E-state index in [1.165, 1.54) is 8.61 Å². The maximum absolute atomic E-state index is 12.3. The number of rotatable bonds is 5. The molecule has 6 nitrogen and oxygen atoms in total. The highest BCUT2D eigenvalue weighted by atomic mass is 32.2. The zero-order valence-electron chi connectivity index (χ0n) is 11.3. The van der Waals surface area contributed by atoms with E-state index in [9.17, 15) is 8.42 Å². The van der Waals surface area contributed by atoms with Gasteiger partial charge in [-0.05, 0) is 6.92 Å². The van der Waals surface area contributed by atoms with Gasteiger partial charge in [0.25, 0.3) is 10.2 Å². The Bertz CT molecular complexity index is 392. The van der Waals surface area contributed by atoms with Gasteiger partial charge in [0.2, 0.25) is 0 Å². The van der Waals surface area contributed by atoms with E-state index >= 15 is 0 Å². The topological polar surface area (TPSA) is 67.7 Å². The Labute approximate surface area is 110 Å². The normalized spacial score (nSPS) is 20.8. The predicted molar refractivity (Wildman–Crippen MR) is 70.1 cm³/mol. The van der Waals surface area contributed by atoms with E-state index in [0.29, 0.717) is 39.3 Å². The van der Waals surface area contributed by atoms with Gasteiger partial charge in [-0.2, -0.15) is 22.3 Å². The van der Waals surface area contributed by atoms with Crippen LogP contribution in [0.3, 0.4) is 0 Å². The van der Waals surface area contributed by atoms with Crippen LogP contribution in [0.25, 0.3) is 0 Å². The molecule has 0 N–H and O–H groups in total. The number of nitrogens with zero attached hydrogens (tertiary/aromatic N) is 4. The van der Waals surface area contributed by atoms with Crippen LogP contribution in [0.5, 0.6) is 0 Å². The number of nitriles is 1. The van der Waals surface area contributed by atoms with Crippen LogP contribution < -0.4 is 0 Å².